The minimum atomic E-state index is -0.269. The van der Waals surface area contributed by atoms with Crippen molar-refractivity contribution in [2.24, 2.45) is 16.5 Å². The van der Waals surface area contributed by atoms with E-state index < -0.39 is 0 Å². The summed E-state index contributed by atoms with van der Waals surface area (Å²) in [6.07, 6.45) is 1.12. The molecule has 2 rings (SSSR count). The molecule has 0 aliphatic heterocycles. The highest BCUT2D eigenvalue weighted by Crippen LogP contribution is 2.41. The van der Waals surface area contributed by atoms with E-state index in [-0.39, 0.29) is 22.8 Å². The molecule has 0 bridgehead atoms. The van der Waals surface area contributed by atoms with Crippen LogP contribution in [0.3, 0.4) is 0 Å². The van der Waals surface area contributed by atoms with Crippen LogP contribution in [-0.2, 0) is 4.79 Å². The van der Waals surface area contributed by atoms with E-state index in [4.69, 9.17) is 16.8 Å². The van der Waals surface area contributed by atoms with Gasteiger partial charge in [0.1, 0.15) is 5.71 Å². The van der Waals surface area contributed by atoms with Crippen LogP contribution in [0.4, 0.5) is 0 Å². The Morgan fingerprint density at radius 1 is 1.50 bits per heavy atom. The maximum absolute atomic E-state index is 12.1. The molecular formula is C16H18ClNO2. The zero-order chi connectivity index (χ0) is 14.9. The van der Waals surface area contributed by atoms with Gasteiger partial charge in [0.15, 0.2) is 5.78 Å². The Hall–Kier alpha value is -1.61. The number of nitrogens with zero attached hydrogens (tertiary/aromatic N) is 1. The third-order valence-electron chi connectivity index (χ3n) is 3.74. The molecule has 1 aromatic rings. The Labute approximate surface area is 123 Å². The first-order valence-corrected chi connectivity index (χ1v) is 6.92. The van der Waals surface area contributed by atoms with Crippen LogP contribution in [-0.4, -0.2) is 16.7 Å². The number of hydrogen-bond donors (Lipinski definition) is 1. The SMILES string of the molecule is C=C(c1cccc(Cl)c1)C1CC(C)(C)CC(=O)/C1=N/O. The lowest BCUT2D eigenvalue weighted by atomic mass is 9.68. The van der Waals surface area contributed by atoms with Crippen molar-refractivity contribution in [2.45, 2.75) is 26.7 Å². The fourth-order valence-electron chi connectivity index (χ4n) is 2.74. The highest BCUT2D eigenvalue weighted by Gasteiger charge is 2.39. The number of ketones is 1. The number of benzene rings is 1. The number of halogens is 1. The third kappa shape index (κ3) is 2.93. The molecule has 4 heteroatoms. The Morgan fingerprint density at radius 3 is 2.80 bits per heavy atom. The molecule has 0 radical (unpaired) electrons. The topological polar surface area (TPSA) is 49.7 Å². The van der Waals surface area contributed by atoms with Crippen LogP contribution in [0, 0.1) is 11.3 Å². The molecule has 1 unspecified atom stereocenters. The largest absolute Gasteiger partial charge is 0.411 e. The lowest BCUT2D eigenvalue weighted by molar-refractivity contribution is -0.116. The summed E-state index contributed by atoms with van der Waals surface area (Å²) in [5, 5.41) is 13.0. The predicted molar refractivity (Wildman–Crippen MR) is 81.2 cm³/mol. The Bertz CT molecular complexity index is 590. The zero-order valence-corrected chi connectivity index (χ0v) is 12.4. The van der Waals surface area contributed by atoms with Crippen molar-refractivity contribution >= 4 is 28.7 Å². The van der Waals surface area contributed by atoms with Crippen LogP contribution in [0.1, 0.15) is 32.3 Å². The molecule has 3 nitrogen and oxygen atoms in total. The van der Waals surface area contributed by atoms with Gasteiger partial charge in [-0.25, -0.2) is 0 Å². The van der Waals surface area contributed by atoms with Crippen molar-refractivity contribution in [1.82, 2.24) is 0 Å². The number of carbonyl (C=O) groups excluding carboxylic acids is 1. The fraction of sp³-hybridized carbons (Fsp3) is 0.375. The molecular weight excluding hydrogens is 274 g/mol. The molecule has 1 aliphatic carbocycles. The van der Waals surface area contributed by atoms with Gasteiger partial charge in [-0.3, -0.25) is 4.79 Å². The number of carbonyl (C=O) groups is 1. The van der Waals surface area contributed by atoms with E-state index in [1.807, 2.05) is 32.0 Å². The van der Waals surface area contributed by atoms with Gasteiger partial charge >= 0.3 is 0 Å². The van der Waals surface area contributed by atoms with Crippen LogP contribution in [0.25, 0.3) is 5.57 Å². The molecule has 1 saturated carbocycles. The lowest BCUT2D eigenvalue weighted by Gasteiger charge is -2.35. The van der Waals surface area contributed by atoms with Crippen LogP contribution in [0.15, 0.2) is 36.0 Å². The average Bonchev–Trinajstić information content (AvgIpc) is 2.36. The van der Waals surface area contributed by atoms with E-state index in [0.29, 0.717) is 11.4 Å². The van der Waals surface area contributed by atoms with Crippen molar-refractivity contribution in [1.29, 1.82) is 0 Å². The van der Waals surface area contributed by atoms with Gasteiger partial charge in [-0.15, -0.1) is 0 Å². The van der Waals surface area contributed by atoms with Crippen LogP contribution in [0.2, 0.25) is 5.02 Å². The number of rotatable bonds is 2. The lowest BCUT2D eigenvalue weighted by Crippen LogP contribution is -2.38. The summed E-state index contributed by atoms with van der Waals surface area (Å²) in [5.41, 5.74) is 1.71. The Balaban J connectivity index is 2.38. The summed E-state index contributed by atoms with van der Waals surface area (Å²) >= 11 is 6.00. The second-order valence-electron chi connectivity index (χ2n) is 6.04. The Kier molecular flexibility index (Phi) is 4.00. The minimum absolute atomic E-state index is 0.114. The smallest absolute Gasteiger partial charge is 0.181 e. The van der Waals surface area contributed by atoms with E-state index in [0.717, 1.165) is 17.6 Å². The van der Waals surface area contributed by atoms with Gasteiger partial charge in [-0.2, -0.15) is 0 Å². The highest BCUT2D eigenvalue weighted by molar-refractivity contribution is 6.43. The van der Waals surface area contributed by atoms with Crippen LogP contribution < -0.4 is 0 Å². The molecule has 0 heterocycles. The molecule has 1 atom stereocenters. The standard InChI is InChI=1S/C16H18ClNO2/c1-10(11-5-4-6-12(17)7-11)13-8-16(2,3)9-14(19)15(13)18-20/h4-7,13,20H,1,8-9H2,2-3H3/b18-15+. The zero-order valence-electron chi connectivity index (χ0n) is 11.7. The van der Waals surface area contributed by atoms with Crippen molar-refractivity contribution < 1.29 is 10.0 Å². The molecule has 1 fully saturated rings. The first-order chi connectivity index (χ1) is 9.34. The molecule has 1 aromatic carbocycles. The molecule has 1 N–H and O–H groups in total. The maximum Gasteiger partial charge on any atom is 0.181 e. The van der Waals surface area contributed by atoms with E-state index in [1.165, 1.54) is 0 Å². The fourth-order valence-corrected chi connectivity index (χ4v) is 2.93. The van der Waals surface area contributed by atoms with Gasteiger partial charge in [0.2, 0.25) is 0 Å². The maximum atomic E-state index is 12.1. The first-order valence-electron chi connectivity index (χ1n) is 6.54. The quantitative estimate of drug-likeness (QED) is 0.656. The van der Waals surface area contributed by atoms with Crippen molar-refractivity contribution in [3.63, 3.8) is 0 Å². The van der Waals surface area contributed by atoms with E-state index in [1.54, 1.807) is 6.07 Å². The van der Waals surface area contributed by atoms with Gasteiger partial charge in [-0.1, -0.05) is 49.3 Å². The highest BCUT2D eigenvalue weighted by atomic mass is 35.5. The molecule has 0 amide bonds. The van der Waals surface area contributed by atoms with E-state index >= 15 is 0 Å². The van der Waals surface area contributed by atoms with Gasteiger partial charge in [0.25, 0.3) is 0 Å². The van der Waals surface area contributed by atoms with Gasteiger partial charge in [0.05, 0.1) is 0 Å². The summed E-state index contributed by atoms with van der Waals surface area (Å²) in [5.74, 6) is -0.383. The Morgan fingerprint density at radius 2 is 2.20 bits per heavy atom. The van der Waals surface area contributed by atoms with Crippen molar-refractivity contribution in [3.8, 4) is 0 Å². The van der Waals surface area contributed by atoms with E-state index in [9.17, 15) is 4.79 Å². The molecule has 1 aliphatic rings. The minimum Gasteiger partial charge on any atom is -0.411 e. The number of allylic oxidation sites excluding steroid dienone is 1. The first kappa shape index (κ1) is 14.8. The third-order valence-corrected chi connectivity index (χ3v) is 3.97. The predicted octanol–water partition coefficient (Wildman–Crippen LogP) is 4.19. The van der Waals surface area contributed by atoms with Gasteiger partial charge in [0, 0.05) is 17.4 Å². The molecule has 106 valence electrons. The van der Waals surface area contributed by atoms with Crippen LogP contribution in [0.5, 0.6) is 0 Å². The van der Waals surface area contributed by atoms with Gasteiger partial charge < -0.3 is 5.21 Å². The summed E-state index contributed by atoms with van der Waals surface area (Å²) in [7, 11) is 0. The number of hydrogen-bond acceptors (Lipinski definition) is 3. The molecule has 0 saturated heterocycles. The normalized spacial score (nSPS) is 23.9. The molecule has 0 aromatic heterocycles. The summed E-state index contributed by atoms with van der Waals surface area (Å²) in [4.78, 5) is 12.1. The summed E-state index contributed by atoms with van der Waals surface area (Å²) in [6.45, 7) is 8.16. The summed E-state index contributed by atoms with van der Waals surface area (Å²) < 4.78 is 0. The second-order valence-corrected chi connectivity index (χ2v) is 6.48. The van der Waals surface area contributed by atoms with Crippen molar-refractivity contribution in [3.05, 3.63) is 41.4 Å². The second kappa shape index (κ2) is 5.41. The molecule has 20 heavy (non-hydrogen) atoms. The van der Waals surface area contributed by atoms with Crippen LogP contribution >= 0.6 is 11.6 Å². The molecule has 0 spiro atoms. The van der Waals surface area contributed by atoms with E-state index in [2.05, 4.69) is 11.7 Å². The number of Topliss-reactive ketones (excluding diaryl/α,β-unsaturated/α-hetero) is 1. The summed E-state index contributed by atoms with van der Waals surface area (Å²) in [6, 6.07) is 7.34. The average molecular weight is 292 g/mol. The number of oxime groups is 1. The monoisotopic (exact) mass is 291 g/mol. The van der Waals surface area contributed by atoms with Gasteiger partial charge in [-0.05, 0) is 35.1 Å². The van der Waals surface area contributed by atoms with Crippen molar-refractivity contribution in [2.75, 3.05) is 0 Å².